The largest absolute Gasteiger partial charge is 0.405 e. The molecule has 6 heteroatoms. The third kappa shape index (κ3) is 4.10. The van der Waals surface area contributed by atoms with E-state index in [1.165, 1.54) is 4.90 Å². The molecule has 0 aliphatic carbocycles. The van der Waals surface area contributed by atoms with Gasteiger partial charge in [0.25, 0.3) is 0 Å². The maximum Gasteiger partial charge on any atom is 0.405 e. The molecule has 3 atom stereocenters. The number of rotatable bonds is 5. The molecule has 0 spiro atoms. The molecule has 0 aromatic rings. The van der Waals surface area contributed by atoms with Crippen molar-refractivity contribution in [2.24, 2.45) is 11.7 Å². The van der Waals surface area contributed by atoms with E-state index in [0.29, 0.717) is 25.9 Å². The average Bonchev–Trinajstić information content (AvgIpc) is 2.28. The van der Waals surface area contributed by atoms with Crippen molar-refractivity contribution >= 4 is 0 Å². The summed E-state index contributed by atoms with van der Waals surface area (Å²) in [5.74, 6) is 0.151. The number of alkyl halides is 3. The summed E-state index contributed by atoms with van der Waals surface area (Å²) in [6, 6.07) is -2.43. The number of aliphatic hydroxyl groups excluding tert-OH is 1. The first kappa shape index (κ1) is 15.7. The Morgan fingerprint density at radius 3 is 2.61 bits per heavy atom. The molecule has 1 rings (SSSR count). The maximum atomic E-state index is 13.1. The summed E-state index contributed by atoms with van der Waals surface area (Å²) >= 11 is 0. The molecule has 18 heavy (non-hydrogen) atoms. The smallest absolute Gasteiger partial charge is 0.396 e. The molecule has 0 aromatic heterocycles. The van der Waals surface area contributed by atoms with Crippen molar-refractivity contribution in [3.8, 4) is 0 Å². The van der Waals surface area contributed by atoms with Gasteiger partial charge in [-0.1, -0.05) is 6.92 Å². The highest BCUT2D eigenvalue weighted by Crippen LogP contribution is 2.31. The molecule has 1 heterocycles. The molecule has 3 unspecified atom stereocenters. The number of nitrogens with zero attached hydrogens (tertiary/aromatic N) is 1. The minimum atomic E-state index is -4.28. The third-order valence-corrected chi connectivity index (χ3v) is 3.69. The van der Waals surface area contributed by atoms with Gasteiger partial charge in [-0.2, -0.15) is 13.2 Å². The van der Waals surface area contributed by atoms with Crippen LogP contribution in [0.1, 0.15) is 32.6 Å². The number of hydrogen-bond acceptors (Lipinski definition) is 3. The van der Waals surface area contributed by atoms with Gasteiger partial charge in [0, 0.05) is 19.2 Å². The number of hydrogen-bond donors (Lipinski definition) is 2. The second-order valence-corrected chi connectivity index (χ2v) is 5.07. The first-order valence-electron chi connectivity index (χ1n) is 6.57. The Kier molecular flexibility index (Phi) is 5.88. The summed E-state index contributed by atoms with van der Waals surface area (Å²) in [4.78, 5) is 1.46. The fourth-order valence-corrected chi connectivity index (χ4v) is 2.71. The van der Waals surface area contributed by atoms with E-state index in [9.17, 15) is 13.2 Å². The van der Waals surface area contributed by atoms with E-state index >= 15 is 0 Å². The van der Waals surface area contributed by atoms with E-state index in [2.05, 4.69) is 0 Å². The summed E-state index contributed by atoms with van der Waals surface area (Å²) in [7, 11) is 0. The fraction of sp³-hybridized carbons (Fsp3) is 1.00. The minimum Gasteiger partial charge on any atom is -0.396 e. The zero-order chi connectivity index (χ0) is 13.8. The summed E-state index contributed by atoms with van der Waals surface area (Å²) in [6.07, 6.45) is -1.76. The third-order valence-electron chi connectivity index (χ3n) is 3.69. The Bertz CT molecular complexity index is 246. The molecule has 0 saturated carbocycles. The van der Waals surface area contributed by atoms with Crippen LogP contribution < -0.4 is 5.73 Å². The Hall–Kier alpha value is -0.330. The van der Waals surface area contributed by atoms with Gasteiger partial charge in [-0.05, 0) is 38.1 Å². The predicted molar refractivity (Wildman–Crippen MR) is 64.1 cm³/mol. The second kappa shape index (κ2) is 6.73. The van der Waals surface area contributed by atoms with Gasteiger partial charge in [0.2, 0.25) is 0 Å². The van der Waals surface area contributed by atoms with Crippen LogP contribution in [-0.2, 0) is 0 Å². The molecule has 3 N–H and O–H groups in total. The second-order valence-electron chi connectivity index (χ2n) is 5.07. The van der Waals surface area contributed by atoms with E-state index in [0.717, 1.165) is 12.8 Å². The number of halogens is 3. The molecule has 3 nitrogen and oxygen atoms in total. The van der Waals surface area contributed by atoms with E-state index in [4.69, 9.17) is 10.8 Å². The number of nitrogens with two attached hydrogens (primary N) is 1. The minimum absolute atomic E-state index is 0.0367. The van der Waals surface area contributed by atoms with Crippen LogP contribution in [0.4, 0.5) is 13.2 Å². The predicted octanol–water partition coefficient (Wildman–Crippen LogP) is 1.75. The topological polar surface area (TPSA) is 49.5 Å². The first-order chi connectivity index (χ1) is 8.40. The molecule has 1 fully saturated rings. The Balaban J connectivity index is 2.73. The van der Waals surface area contributed by atoms with Gasteiger partial charge in [0.1, 0.15) is 6.04 Å². The molecular formula is C12H23F3N2O. The van der Waals surface area contributed by atoms with Crippen LogP contribution in [-0.4, -0.2) is 48.0 Å². The van der Waals surface area contributed by atoms with Crippen molar-refractivity contribution in [2.45, 2.75) is 50.9 Å². The Morgan fingerprint density at radius 1 is 1.44 bits per heavy atom. The highest BCUT2D eigenvalue weighted by molar-refractivity contribution is 4.90. The van der Waals surface area contributed by atoms with Crippen LogP contribution in [0.15, 0.2) is 0 Å². The summed E-state index contributed by atoms with van der Waals surface area (Å²) in [5, 5.41) is 8.89. The molecule has 0 bridgehead atoms. The summed E-state index contributed by atoms with van der Waals surface area (Å²) < 4.78 is 39.3. The van der Waals surface area contributed by atoms with E-state index < -0.39 is 18.3 Å². The van der Waals surface area contributed by atoms with Gasteiger partial charge in [-0.25, -0.2) is 0 Å². The maximum absolute atomic E-state index is 13.1. The van der Waals surface area contributed by atoms with Crippen LogP contribution in [0.3, 0.4) is 0 Å². The average molecular weight is 268 g/mol. The lowest BCUT2D eigenvalue weighted by Crippen LogP contribution is -2.58. The number of aliphatic hydroxyl groups is 1. The highest BCUT2D eigenvalue weighted by Gasteiger charge is 2.47. The van der Waals surface area contributed by atoms with Crippen LogP contribution in [0, 0.1) is 5.92 Å². The van der Waals surface area contributed by atoms with E-state index in [1.54, 1.807) is 6.92 Å². The molecule has 0 aromatic carbocycles. The highest BCUT2D eigenvalue weighted by atomic mass is 19.4. The van der Waals surface area contributed by atoms with Gasteiger partial charge in [0.15, 0.2) is 0 Å². The lowest BCUT2D eigenvalue weighted by molar-refractivity contribution is -0.193. The summed E-state index contributed by atoms with van der Waals surface area (Å²) in [6.45, 7) is 2.55. The fourth-order valence-electron chi connectivity index (χ4n) is 2.71. The van der Waals surface area contributed by atoms with Crippen molar-refractivity contribution in [3.05, 3.63) is 0 Å². The monoisotopic (exact) mass is 268 g/mol. The molecular weight excluding hydrogens is 245 g/mol. The van der Waals surface area contributed by atoms with Crippen LogP contribution in [0.25, 0.3) is 0 Å². The SMILES string of the molecule is CCC(N)C(N1CCCC(CCO)C1)C(F)(F)F. The number of likely N-dealkylation sites (tertiary alicyclic amines) is 1. The van der Waals surface area contributed by atoms with Gasteiger partial charge in [-0.15, -0.1) is 0 Å². The molecule has 1 saturated heterocycles. The number of piperidine rings is 1. The van der Waals surface area contributed by atoms with Crippen LogP contribution in [0.2, 0.25) is 0 Å². The van der Waals surface area contributed by atoms with Crippen molar-refractivity contribution < 1.29 is 18.3 Å². The van der Waals surface area contributed by atoms with E-state index in [-0.39, 0.29) is 12.5 Å². The Morgan fingerprint density at radius 2 is 2.11 bits per heavy atom. The molecule has 108 valence electrons. The quantitative estimate of drug-likeness (QED) is 0.798. The summed E-state index contributed by atoms with van der Waals surface area (Å²) in [5.41, 5.74) is 5.64. The Labute approximate surface area is 106 Å². The lowest BCUT2D eigenvalue weighted by atomic mass is 9.92. The van der Waals surface area contributed by atoms with Gasteiger partial charge >= 0.3 is 6.18 Å². The normalized spacial score (nSPS) is 26.0. The molecule has 0 amide bonds. The first-order valence-corrected chi connectivity index (χ1v) is 6.57. The van der Waals surface area contributed by atoms with E-state index in [1.807, 2.05) is 0 Å². The van der Waals surface area contributed by atoms with Crippen LogP contribution in [0.5, 0.6) is 0 Å². The zero-order valence-electron chi connectivity index (χ0n) is 10.8. The standard InChI is InChI=1S/C12H23F3N2O/c1-2-10(16)11(12(13,14)15)17-6-3-4-9(8-17)5-7-18/h9-11,18H,2-8,16H2,1H3. The van der Waals surface area contributed by atoms with Gasteiger partial charge in [-0.3, -0.25) is 4.90 Å². The van der Waals surface area contributed by atoms with Gasteiger partial charge < -0.3 is 10.8 Å². The molecule has 0 radical (unpaired) electrons. The lowest BCUT2D eigenvalue weighted by Gasteiger charge is -2.41. The molecule has 1 aliphatic rings. The van der Waals surface area contributed by atoms with Crippen molar-refractivity contribution in [1.29, 1.82) is 0 Å². The van der Waals surface area contributed by atoms with Crippen LogP contribution >= 0.6 is 0 Å². The van der Waals surface area contributed by atoms with Crippen molar-refractivity contribution in [3.63, 3.8) is 0 Å². The van der Waals surface area contributed by atoms with Crippen molar-refractivity contribution in [2.75, 3.05) is 19.7 Å². The zero-order valence-corrected chi connectivity index (χ0v) is 10.8. The van der Waals surface area contributed by atoms with Crippen molar-refractivity contribution in [1.82, 2.24) is 4.90 Å². The van der Waals surface area contributed by atoms with Gasteiger partial charge in [0.05, 0.1) is 0 Å². The molecule has 1 aliphatic heterocycles.